The minimum absolute atomic E-state index is 0.00455. The van der Waals surface area contributed by atoms with Crippen LogP contribution in [0.25, 0.3) is 11.3 Å². The molecule has 1 saturated heterocycles. The number of rotatable bonds is 2. The Morgan fingerprint density at radius 2 is 2.09 bits per heavy atom. The molecule has 2 aliphatic rings. The molecule has 1 aromatic carbocycles. The van der Waals surface area contributed by atoms with Gasteiger partial charge in [-0.05, 0) is 31.0 Å². The van der Waals surface area contributed by atoms with Gasteiger partial charge in [-0.2, -0.15) is 5.10 Å². The molecule has 0 bridgehead atoms. The van der Waals surface area contributed by atoms with Gasteiger partial charge in [-0.25, -0.2) is 0 Å². The molecule has 2 aromatic rings. The third-order valence-electron chi connectivity index (χ3n) is 4.84. The van der Waals surface area contributed by atoms with E-state index < -0.39 is 0 Å². The van der Waals surface area contributed by atoms with Crippen LogP contribution in [0.4, 0.5) is 0 Å². The minimum Gasteiger partial charge on any atom is -0.335 e. The van der Waals surface area contributed by atoms with Gasteiger partial charge in [0, 0.05) is 34.6 Å². The van der Waals surface area contributed by atoms with Crippen molar-refractivity contribution in [1.29, 1.82) is 0 Å². The molecule has 114 valence electrons. The number of H-pyrrole nitrogens is 1. The van der Waals surface area contributed by atoms with E-state index in [1.807, 2.05) is 35.2 Å². The van der Waals surface area contributed by atoms with Gasteiger partial charge in [0.25, 0.3) is 5.91 Å². The molecule has 3 N–H and O–H groups in total. The summed E-state index contributed by atoms with van der Waals surface area (Å²) in [5, 5.41) is 7.12. The molecule has 2 heterocycles. The topological polar surface area (TPSA) is 75.0 Å². The summed E-state index contributed by atoms with van der Waals surface area (Å²) in [6.07, 6.45) is 2.29. The molecule has 6 heteroatoms. The maximum Gasteiger partial charge on any atom is 0.271 e. The van der Waals surface area contributed by atoms with Gasteiger partial charge in [-0.1, -0.05) is 28.1 Å². The monoisotopic (exact) mass is 360 g/mol. The largest absolute Gasteiger partial charge is 0.335 e. The second kappa shape index (κ2) is 4.93. The van der Waals surface area contributed by atoms with Crippen LogP contribution < -0.4 is 5.73 Å². The molecule has 1 aliphatic carbocycles. The molecule has 4 rings (SSSR count). The highest BCUT2D eigenvalue weighted by atomic mass is 79.9. The maximum atomic E-state index is 12.6. The van der Waals surface area contributed by atoms with Crippen molar-refractivity contribution in [2.45, 2.75) is 18.9 Å². The van der Waals surface area contributed by atoms with Gasteiger partial charge in [0.2, 0.25) is 0 Å². The standard InChI is InChI=1S/C16H17BrN4O/c17-11-3-1-10(2-4-11)12-7-13(20-19-12)15(22)21-8-14(18)16(9-21)5-6-16/h1-4,7,14H,5-6,8-9,18H2,(H,19,20). The summed E-state index contributed by atoms with van der Waals surface area (Å²) in [6, 6.07) is 9.79. The van der Waals surface area contributed by atoms with Gasteiger partial charge in [-0.15, -0.1) is 0 Å². The second-order valence-electron chi connectivity index (χ2n) is 6.33. The van der Waals surface area contributed by atoms with E-state index in [0.717, 1.165) is 35.1 Å². The molecule has 2 fully saturated rings. The number of hydrogen-bond acceptors (Lipinski definition) is 3. The zero-order chi connectivity index (χ0) is 15.3. The van der Waals surface area contributed by atoms with Crippen molar-refractivity contribution in [2.75, 3.05) is 13.1 Å². The number of carbonyl (C=O) groups is 1. The van der Waals surface area contributed by atoms with E-state index in [9.17, 15) is 4.79 Å². The Morgan fingerprint density at radius 1 is 1.36 bits per heavy atom. The van der Waals surface area contributed by atoms with Crippen molar-refractivity contribution in [3.8, 4) is 11.3 Å². The van der Waals surface area contributed by atoms with Crippen molar-refractivity contribution in [1.82, 2.24) is 15.1 Å². The van der Waals surface area contributed by atoms with E-state index in [2.05, 4.69) is 26.1 Å². The third kappa shape index (κ3) is 2.27. The van der Waals surface area contributed by atoms with Gasteiger partial charge in [-0.3, -0.25) is 9.89 Å². The van der Waals surface area contributed by atoms with Crippen LogP contribution in [0, 0.1) is 5.41 Å². The fraction of sp³-hybridized carbons (Fsp3) is 0.375. The molecule has 1 spiro atoms. The van der Waals surface area contributed by atoms with Crippen LogP contribution in [0.1, 0.15) is 23.3 Å². The number of carbonyl (C=O) groups excluding carboxylic acids is 1. The van der Waals surface area contributed by atoms with E-state index in [1.165, 1.54) is 0 Å². The van der Waals surface area contributed by atoms with Crippen molar-refractivity contribution >= 4 is 21.8 Å². The van der Waals surface area contributed by atoms with Crippen molar-refractivity contribution in [2.24, 2.45) is 11.1 Å². The number of amides is 1. The smallest absolute Gasteiger partial charge is 0.271 e. The maximum absolute atomic E-state index is 12.6. The SMILES string of the molecule is NC1CN(C(=O)c2cc(-c3ccc(Br)cc3)n[nH]2)CC12CC2. The first-order chi connectivity index (χ1) is 10.6. The molecule has 1 atom stereocenters. The second-order valence-corrected chi connectivity index (χ2v) is 7.24. The van der Waals surface area contributed by atoms with E-state index in [1.54, 1.807) is 0 Å². The van der Waals surface area contributed by atoms with Gasteiger partial charge in [0.1, 0.15) is 5.69 Å². The Hall–Kier alpha value is -1.66. The van der Waals surface area contributed by atoms with E-state index >= 15 is 0 Å². The zero-order valence-corrected chi connectivity index (χ0v) is 13.6. The summed E-state index contributed by atoms with van der Waals surface area (Å²) in [5.74, 6) is -0.00455. The Morgan fingerprint density at radius 3 is 2.73 bits per heavy atom. The Labute approximate surface area is 137 Å². The van der Waals surface area contributed by atoms with Crippen LogP contribution in [-0.2, 0) is 0 Å². The fourth-order valence-corrected chi connectivity index (χ4v) is 3.47. The van der Waals surface area contributed by atoms with Crippen LogP contribution >= 0.6 is 15.9 Å². The first-order valence-electron chi connectivity index (χ1n) is 7.44. The average Bonchev–Trinajstić information content (AvgIpc) is 3.00. The molecule has 1 amide bonds. The molecule has 22 heavy (non-hydrogen) atoms. The fourth-order valence-electron chi connectivity index (χ4n) is 3.21. The molecule has 5 nitrogen and oxygen atoms in total. The molecule has 1 unspecified atom stereocenters. The number of halogens is 1. The van der Waals surface area contributed by atoms with Crippen LogP contribution in [0.3, 0.4) is 0 Å². The first-order valence-corrected chi connectivity index (χ1v) is 8.23. The van der Waals surface area contributed by atoms with Crippen LogP contribution in [-0.4, -0.2) is 40.1 Å². The highest BCUT2D eigenvalue weighted by Gasteiger charge is 2.54. The Bertz CT molecular complexity index is 720. The van der Waals surface area contributed by atoms with E-state index in [4.69, 9.17) is 5.73 Å². The molecular weight excluding hydrogens is 344 g/mol. The summed E-state index contributed by atoms with van der Waals surface area (Å²) in [6.45, 7) is 1.42. The summed E-state index contributed by atoms with van der Waals surface area (Å²) in [4.78, 5) is 14.5. The predicted octanol–water partition coefficient (Wildman–Crippen LogP) is 2.40. The van der Waals surface area contributed by atoms with Crippen LogP contribution in [0.15, 0.2) is 34.8 Å². The van der Waals surface area contributed by atoms with Crippen molar-refractivity contribution < 1.29 is 4.79 Å². The number of benzene rings is 1. The zero-order valence-electron chi connectivity index (χ0n) is 12.1. The Balaban J connectivity index is 1.54. The van der Waals surface area contributed by atoms with Crippen LogP contribution in [0.2, 0.25) is 0 Å². The summed E-state index contributed by atoms with van der Waals surface area (Å²) < 4.78 is 1.02. The number of aromatic nitrogens is 2. The normalized spacial score (nSPS) is 22.3. The number of nitrogens with two attached hydrogens (primary N) is 1. The summed E-state index contributed by atoms with van der Waals surface area (Å²) in [5.41, 5.74) is 8.66. The quantitative estimate of drug-likeness (QED) is 0.863. The highest BCUT2D eigenvalue weighted by Crippen LogP contribution is 2.52. The first kappa shape index (κ1) is 14.0. The summed E-state index contributed by atoms with van der Waals surface area (Å²) >= 11 is 3.41. The molecule has 1 saturated carbocycles. The predicted molar refractivity (Wildman–Crippen MR) is 87.3 cm³/mol. The lowest BCUT2D eigenvalue weighted by molar-refractivity contribution is 0.0778. The van der Waals surface area contributed by atoms with Gasteiger partial charge >= 0.3 is 0 Å². The number of aromatic amines is 1. The number of nitrogens with one attached hydrogen (secondary N) is 1. The molecule has 0 radical (unpaired) electrons. The average molecular weight is 361 g/mol. The lowest BCUT2D eigenvalue weighted by Gasteiger charge is -2.14. The van der Waals surface area contributed by atoms with E-state index in [0.29, 0.717) is 12.2 Å². The number of nitrogens with zero attached hydrogens (tertiary/aromatic N) is 2. The van der Waals surface area contributed by atoms with Crippen LogP contribution in [0.5, 0.6) is 0 Å². The van der Waals surface area contributed by atoms with Gasteiger partial charge in [0.05, 0.1) is 5.69 Å². The molecular formula is C16H17BrN4O. The molecule has 1 aromatic heterocycles. The lowest BCUT2D eigenvalue weighted by atomic mass is 10.0. The number of hydrogen-bond donors (Lipinski definition) is 2. The third-order valence-corrected chi connectivity index (χ3v) is 5.37. The van der Waals surface area contributed by atoms with Gasteiger partial charge in [0.15, 0.2) is 0 Å². The lowest BCUT2D eigenvalue weighted by Crippen LogP contribution is -2.32. The van der Waals surface area contributed by atoms with Gasteiger partial charge < -0.3 is 10.6 Å². The molecule has 1 aliphatic heterocycles. The number of likely N-dealkylation sites (tertiary alicyclic amines) is 1. The van der Waals surface area contributed by atoms with E-state index in [-0.39, 0.29) is 17.4 Å². The summed E-state index contributed by atoms with van der Waals surface area (Å²) in [7, 11) is 0. The Kier molecular flexibility index (Phi) is 3.13. The highest BCUT2D eigenvalue weighted by molar-refractivity contribution is 9.10. The van der Waals surface area contributed by atoms with Crippen molar-refractivity contribution in [3.05, 3.63) is 40.5 Å². The van der Waals surface area contributed by atoms with Crippen molar-refractivity contribution in [3.63, 3.8) is 0 Å². The minimum atomic E-state index is -0.00455.